The first-order valence-corrected chi connectivity index (χ1v) is 8.54. The van der Waals surface area contributed by atoms with Crippen molar-refractivity contribution in [2.45, 2.75) is 14.7 Å². The average Bonchev–Trinajstić information content (AvgIpc) is 2.57. The van der Waals surface area contributed by atoms with Crippen LogP contribution in [0.1, 0.15) is 0 Å². The van der Waals surface area contributed by atoms with Gasteiger partial charge >= 0.3 is 7.25 Å². The van der Waals surface area contributed by atoms with E-state index in [2.05, 4.69) is 24.3 Å². The second-order valence-corrected chi connectivity index (χ2v) is 6.91. The Hall–Kier alpha value is -2.28. The lowest BCUT2D eigenvalue weighted by atomic mass is 10.3. The van der Waals surface area contributed by atoms with Gasteiger partial charge in [-0.2, -0.15) is 0 Å². The van der Waals surface area contributed by atoms with E-state index in [1.54, 1.807) is 0 Å². The van der Waals surface area contributed by atoms with E-state index in [4.69, 9.17) is 0 Å². The number of halogens is 5. The van der Waals surface area contributed by atoms with E-state index in [9.17, 15) is 21.7 Å². The molecule has 0 nitrogen and oxygen atoms in total. The Balaban J connectivity index is 0.000000399. The van der Waals surface area contributed by atoms with Gasteiger partial charge in [-0.1, -0.05) is 36.4 Å². The maximum absolute atomic E-state index is 13.2. The predicted octanol–water partition coefficient (Wildman–Crippen LogP) is 6.22. The van der Waals surface area contributed by atoms with Crippen LogP contribution in [-0.2, 0) is 10.9 Å². The minimum Gasteiger partial charge on any atom is -0.418 e. The Labute approximate surface area is 145 Å². The molecule has 0 aliphatic rings. The number of hydrogen-bond donors (Lipinski definition) is 0. The minimum absolute atomic E-state index is 0.190. The van der Waals surface area contributed by atoms with Crippen LogP contribution in [0.2, 0.25) is 0 Å². The summed E-state index contributed by atoms with van der Waals surface area (Å²) in [7, 11) is -6.19. The van der Waals surface area contributed by atoms with E-state index >= 15 is 0 Å². The highest BCUT2D eigenvalue weighted by atomic mass is 32.2. The second-order valence-electron chi connectivity index (χ2n) is 4.88. The zero-order chi connectivity index (χ0) is 18.3. The normalized spacial score (nSPS) is 11.0. The van der Waals surface area contributed by atoms with Gasteiger partial charge in [0.1, 0.15) is 5.82 Å². The van der Waals surface area contributed by atoms with Crippen molar-refractivity contribution in [3.63, 3.8) is 0 Å². The summed E-state index contributed by atoms with van der Waals surface area (Å²) in [4.78, 5) is 3.61. The van der Waals surface area contributed by atoms with Crippen molar-refractivity contribution in [1.29, 1.82) is 0 Å². The SMILES string of the molecule is F[B-](F)(F)F.Fc1ccc([S+](c2ccccc2)c2ccccc2)cc1. The molecule has 25 heavy (non-hydrogen) atoms. The van der Waals surface area contributed by atoms with Gasteiger partial charge in [0.05, 0.1) is 10.9 Å². The van der Waals surface area contributed by atoms with Crippen molar-refractivity contribution >= 4 is 18.1 Å². The van der Waals surface area contributed by atoms with Crippen LogP contribution in [0, 0.1) is 5.82 Å². The fourth-order valence-electron chi connectivity index (χ4n) is 2.09. The maximum Gasteiger partial charge on any atom is 0.673 e. The van der Waals surface area contributed by atoms with Crippen LogP contribution in [-0.4, -0.2) is 7.25 Å². The summed E-state index contributed by atoms with van der Waals surface area (Å²) >= 11 is 0. The molecule has 0 aliphatic heterocycles. The zero-order valence-electron chi connectivity index (χ0n) is 13.0. The van der Waals surface area contributed by atoms with Crippen LogP contribution in [0.15, 0.2) is 99.6 Å². The van der Waals surface area contributed by atoms with Gasteiger partial charge in [0.15, 0.2) is 14.7 Å². The maximum atomic E-state index is 13.2. The third kappa shape index (κ3) is 6.62. The molecule has 0 saturated heterocycles. The van der Waals surface area contributed by atoms with E-state index in [0.29, 0.717) is 0 Å². The molecule has 3 rings (SSSR count). The number of rotatable bonds is 3. The van der Waals surface area contributed by atoms with Gasteiger partial charge in [0.25, 0.3) is 0 Å². The lowest BCUT2D eigenvalue weighted by Gasteiger charge is -2.07. The largest absolute Gasteiger partial charge is 0.673 e. The molecule has 3 aromatic carbocycles. The highest BCUT2D eigenvalue weighted by Crippen LogP contribution is 2.30. The second kappa shape index (κ2) is 8.71. The molecule has 0 radical (unpaired) electrons. The van der Waals surface area contributed by atoms with Gasteiger partial charge < -0.3 is 17.3 Å². The fraction of sp³-hybridized carbons (Fsp3) is 0. The Morgan fingerprint density at radius 3 is 1.20 bits per heavy atom. The highest BCUT2D eigenvalue weighted by Gasteiger charge is 2.27. The van der Waals surface area contributed by atoms with Crippen molar-refractivity contribution in [2.75, 3.05) is 0 Å². The Morgan fingerprint density at radius 2 is 0.840 bits per heavy atom. The molecule has 7 heteroatoms. The highest BCUT2D eigenvalue weighted by molar-refractivity contribution is 7.97. The summed E-state index contributed by atoms with van der Waals surface area (Å²) in [5.74, 6) is -0.196. The predicted molar refractivity (Wildman–Crippen MR) is 91.6 cm³/mol. The first-order valence-electron chi connectivity index (χ1n) is 7.32. The van der Waals surface area contributed by atoms with Gasteiger partial charge in [-0.15, -0.1) is 0 Å². The summed E-state index contributed by atoms with van der Waals surface area (Å²) in [6.45, 7) is 0. The molecule has 0 unspecified atom stereocenters. The third-order valence-electron chi connectivity index (χ3n) is 3.01. The molecule has 130 valence electrons. The summed E-state index contributed by atoms with van der Waals surface area (Å²) in [5, 5.41) is 0. The quantitative estimate of drug-likeness (QED) is 0.292. The van der Waals surface area contributed by atoms with Crippen LogP contribution >= 0.6 is 0 Å². The van der Waals surface area contributed by atoms with Crippen molar-refractivity contribution in [2.24, 2.45) is 0 Å². The molecular weight excluding hydrogens is 354 g/mol. The van der Waals surface area contributed by atoms with Crippen LogP contribution in [0.3, 0.4) is 0 Å². The molecule has 3 aromatic rings. The summed E-state index contributed by atoms with van der Waals surface area (Å²) < 4.78 is 52.2. The Bertz CT molecular complexity index is 715. The molecule has 0 N–H and O–H groups in total. The molecule has 0 aromatic heterocycles. The smallest absolute Gasteiger partial charge is 0.418 e. The van der Waals surface area contributed by atoms with Crippen molar-refractivity contribution in [3.8, 4) is 0 Å². The molecule has 0 atom stereocenters. The Morgan fingerprint density at radius 1 is 0.520 bits per heavy atom. The topological polar surface area (TPSA) is 0 Å². The van der Waals surface area contributed by atoms with Crippen LogP contribution < -0.4 is 0 Å². The van der Waals surface area contributed by atoms with Crippen LogP contribution in [0.5, 0.6) is 0 Å². The van der Waals surface area contributed by atoms with E-state index in [1.165, 1.54) is 21.9 Å². The molecular formula is C18H14BF5S. The lowest BCUT2D eigenvalue weighted by Crippen LogP contribution is -2.04. The molecule has 0 heterocycles. The van der Waals surface area contributed by atoms with E-state index in [-0.39, 0.29) is 16.7 Å². The van der Waals surface area contributed by atoms with Gasteiger partial charge in [0, 0.05) is 0 Å². The molecule has 0 bridgehead atoms. The van der Waals surface area contributed by atoms with E-state index in [0.717, 1.165) is 4.90 Å². The standard InChI is InChI=1S/C18H14FS.BF4/c19-15-11-13-18(14-12-15)20(16-7-3-1-4-8-16)17-9-5-2-6-10-17;2-1(3,4)5/h1-14H;/q+1;-1. The van der Waals surface area contributed by atoms with Gasteiger partial charge in [0.2, 0.25) is 0 Å². The molecule has 0 aliphatic carbocycles. The Kier molecular flexibility index (Phi) is 6.64. The number of hydrogen-bond acceptors (Lipinski definition) is 0. The van der Waals surface area contributed by atoms with Gasteiger partial charge in [-0.3, -0.25) is 0 Å². The van der Waals surface area contributed by atoms with Crippen molar-refractivity contribution in [3.05, 3.63) is 90.7 Å². The summed E-state index contributed by atoms with van der Waals surface area (Å²) in [6.07, 6.45) is 0. The van der Waals surface area contributed by atoms with Gasteiger partial charge in [-0.05, 0) is 48.5 Å². The first kappa shape index (κ1) is 19.1. The van der Waals surface area contributed by atoms with E-state index < -0.39 is 7.25 Å². The van der Waals surface area contributed by atoms with E-state index in [1.807, 2.05) is 48.5 Å². The molecule has 0 spiro atoms. The molecule has 0 fully saturated rings. The third-order valence-corrected chi connectivity index (χ3v) is 5.24. The average molecular weight is 368 g/mol. The molecule has 0 amide bonds. The minimum atomic E-state index is -6.00. The number of benzene rings is 3. The van der Waals surface area contributed by atoms with Crippen molar-refractivity contribution in [1.82, 2.24) is 0 Å². The van der Waals surface area contributed by atoms with Crippen molar-refractivity contribution < 1.29 is 21.7 Å². The lowest BCUT2D eigenvalue weighted by molar-refractivity contribution is 0.368. The first-order chi connectivity index (χ1) is 11.8. The van der Waals surface area contributed by atoms with Crippen LogP contribution in [0.25, 0.3) is 0 Å². The van der Waals surface area contributed by atoms with Crippen LogP contribution in [0.4, 0.5) is 21.7 Å². The summed E-state index contributed by atoms with van der Waals surface area (Å²) in [5.41, 5.74) is 0. The monoisotopic (exact) mass is 368 g/mol. The zero-order valence-corrected chi connectivity index (χ0v) is 13.8. The summed E-state index contributed by atoms with van der Waals surface area (Å²) in [6, 6.07) is 27.5. The fourth-order valence-corrected chi connectivity index (χ4v) is 4.18. The van der Waals surface area contributed by atoms with Gasteiger partial charge in [-0.25, -0.2) is 4.39 Å². The molecule has 0 saturated carbocycles.